The Labute approximate surface area is 345 Å². The lowest BCUT2D eigenvalue weighted by atomic mass is 9.76. The molecule has 4 heterocycles. The minimum atomic E-state index is -1.81. The molecule has 10 atom stereocenters. The first-order valence-electron chi connectivity index (χ1n) is 20.6. The summed E-state index contributed by atoms with van der Waals surface area (Å²) in [6, 6.07) is 14.8. The zero-order chi connectivity index (χ0) is 41.9. The molecular weight excluding hydrogens is 778 g/mol. The average molecular weight is 828 g/mol. The summed E-state index contributed by atoms with van der Waals surface area (Å²) < 4.78 is 26.4. The van der Waals surface area contributed by atoms with Crippen LogP contribution in [0.3, 0.4) is 0 Å². The van der Waals surface area contributed by atoms with Crippen LogP contribution in [0.1, 0.15) is 93.8 Å². The molecule has 1 spiro atoms. The molecule has 9 N–H and O–H groups in total. The van der Waals surface area contributed by atoms with Crippen LogP contribution in [-0.2, 0) is 19.1 Å². The number of ether oxygens (including phenoxy) is 4. The summed E-state index contributed by atoms with van der Waals surface area (Å²) in [5, 5.41) is 54.5. The Morgan fingerprint density at radius 3 is 2.43 bits per heavy atom. The number of ketones is 2. The SMILES string of the molecule is NC1NC(=O)C2NCN(c3ccccc3C3CCOC4(CCCCC4)C4OC(Oc5c3cc3c(c5OCC(O)CC=O)C(=O)c5ccccc5C3=O)C(O)C(O)C4O)C2N1. The van der Waals surface area contributed by atoms with Gasteiger partial charge in [-0.25, -0.2) is 0 Å². The van der Waals surface area contributed by atoms with Crippen molar-refractivity contribution in [3.05, 3.63) is 88.0 Å². The third-order valence-corrected chi connectivity index (χ3v) is 12.8. The lowest BCUT2D eigenvalue weighted by molar-refractivity contribution is -0.314. The smallest absolute Gasteiger partial charge is 0.242 e. The summed E-state index contributed by atoms with van der Waals surface area (Å²) in [5.41, 5.74) is 6.98. The molecular formula is C43H49N5O12. The molecule has 0 aromatic heterocycles. The number of para-hydroxylation sites is 1. The van der Waals surface area contributed by atoms with Gasteiger partial charge in [0.2, 0.25) is 12.2 Å². The molecule has 60 heavy (non-hydrogen) atoms. The van der Waals surface area contributed by atoms with Crippen LogP contribution in [0.5, 0.6) is 11.5 Å². The highest BCUT2D eigenvalue weighted by Crippen LogP contribution is 2.51. The molecule has 9 rings (SSSR count). The van der Waals surface area contributed by atoms with Gasteiger partial charge >= 0.3 is 0 Å². The molecule has 3 aromatic rings. The van der Waals surface area contributed by atoms with E-state index in [2.05, 4.69) is 16.0 Å². The highest BCUT2D eigenvalue weighted by atomic mass is 16.7. The van der Waals surface area contributed by atoms with Crippen molar-refractivity contribution in [2.24, 2.45) is 5.73 Å². The first-order chi connectivity index (χ1) is 29.0. The summed E-state index contributed by atoms with van der Waals surface area (Å²) in [4.78, 5) is 55.6. The van der Waals surface area contributed by atoms with Gasteiger partial charge in [-0.15, -0.1) is 0 Å². The minimum absolute atomic E-state index is 0.000823. The number of nitrogens with zero attached hydrogens (tertiary/aromatic N) is 1. The fourth-order valence-electron chi connectivity index (χ4n) is 9.87. The maximum Gasteiger partial charge on any atom is 0.242 e. The van der Waals surface area contributed by atoms with Crippen LogP contribution in [-0.4, -0.2) is 125 Å². The highest BCUT2D eigenvalue weighted by Gasteiger charge is 2.56. The van der Waals surface area contributed by atoms with E-state index in [9.17, 15) is 39.6 Å². The van der Waals surface area contributed by atoms with E-state index in [0.717, 1.165) is 19.3 Å². The first-order valence-corrected chi connectivity index (χ1v) is 20.6. The number of fused-ring (bicyclic) bond motifs is 7. The molecule has 318 valence electrons. The molecule has 3 saturated heterocycles. The number of rotatable bonds is 7. The summed E-state index contributed by atoms with van der Waals surface area (Å²) in [5.74, 6) is -2.37. The molecule has 2 bridgehead atoms. The van der Waals surface area contributed by atoms with Crippen molar-refractivity contribution in [1.29, 1.82) is 0 Å². The van der Waals surface area contributed by atoms with Crippen LogP contribution in [0.25, 0.3) is 0 Å². The molecule has 4 aliphatic heterocycles. The number of aldehydes is 1. The van der Waals surface area contributed by atoms with Gasteiger partial charge in [0.25, 0.3) is 0 Å². The second-order valence-corrected chi connectivity index (χ2v) is 16.4. The third kappa shape index (κ3) is 6.87. The van der Waals surface area contributed by atoms with Crippen molar-refractivity contribution < 1.29 is 58.6 Å². The Bertz CT molecular complexity index is 2180. The number of aliphatic hydroxyl groups is 4. The van der Waals surface area contributed by atoms with Gasteiger partial charge in [0.05, 0.1) is 23.9 Å². The molecule has 2 aliphatic carbocycles. The number of anilines is 1. The number of amides is 1. The summed E-state index contributed by atoms with van der Waals surface area (Å²) in [6.07, 6.45) is -6.66. The fourth-order valence-corrected chi connectivity index (χ4v) is 9.87. The van der Waals surface area contributed by atoms with E-state index in [1.807, 2.05) is 29.2 Å². The second kappa shape index (κ2) is 16.2. The summed E-state index contributed by atoms with van der Waals surface area (Å²) in [7, 11) is 0. The maximum absolute atomic E-state index is 14.6. The second-order valence-electron chi connectivity index (χ2n) is 16.4. The van der Waals surface area contributed by atoms with E-state index >= 15 is 0 Å². The van der Waals surface area contributed by atoms with Gasteiger partial charge < -0.3 is 54.4 Å². The molecule has 10 unspecified atom stereocenters. The average Bonchev–Trinajstić information content (AvgIpc) is 3.67. The standard InChI is InChI=1S/C43H49N5O12/c44-42-46-39-30(40(56)47-42)45-20-48(39)28-11-5-4-8-23(28)22-13-17-58-43(14-6-1-7-15-43)38-34(54)33(53)35(55)41(60-38)59-36-26(22)18-27-29(37(36)57-19-21(50)12-16-49)32(52)25-10-3-2-9-24(25)31(27)51/h2-5,8-11,16,18,21-22,30,33-35,38-39,41-42,45-46,50,53-55H,1,6-7,12-15,17,19-20,44H2,(H,47,56). The predicted molar refractivity (Wildman–Crippen MR) is 211 cm³/mol. The van der Waals surface area contributed by atoms with Crippen molar-refractivity contribution in [3.8, 4) is 11.5 Å². The van der Waals surface area contributed by atoms with Crippen molar-refractivity contribution in [3.63, 3.8) is 0 Å². The predicted octanol–water partition coefficient (Wildman–Crippen LogP) is 0.256. The summed E-state index contributed by atoms with van der Waals surface area (Å²) in [6.45, 7) is -0.146. The van der Waals surface area contributed by atoms with Gasteiger partial charge in [-0.05, 0) is 37.0 Å². The number of carbonyl (C=O) groups is 4. The van der Waals surface area contributed by atoms with E-state index in [4.69, 9.17) is 24.7 Å². The van der Waals surface area contributed by atoms with E-state index < -0.39 is 85.0 Å². The maximum atomic E-state index is 14.6. The number of hydrogen-bond donors (Lipinski definition) is 8. The molecule has 3 aromatic carbocycles. The van der Waals surface area contributed by atoms with Crippen molar-refractivity contribution >= 4 is 29.4 Å². The van der Waals surface area contributed by atoms with Gasteiger partial charge in [0.1, 0.15) is 55.8 Å². The van der Waals surface area contributed by atoms with Gasteiger partial charge in [0, 0.05) is 46.9 Å². The van der Waals surface area contributed by atoms with Gasteiger partial charge in [-0.3, -0.25) is 30.8 Å². The molecule has 4 fully saturated rings. The Morgan fingerprint density at radius 1 is 0.933 bits per heavy atom. The van der Waals surface area contributed by atoms with Crippen LogP contribution < -0.4 is 36.1 Å². The summed E-state index contributed by atoms with van der Waals surface area (Å²) >= 11 is 0. The van der Waals surface area contributed by atoms with E-state index in [1.54, 1.807) is 24.3 Å². The molecule has 17 nitrogen and oxygen atoms in total. The van der Waals surface area contributed by atoms with Crippen LogP contribution in [0.2, 0.25) is 0 Å². The van der Waals surface area contributed by atoms with Crippen molar-refractivity contribution in [2.45, 2.75) is 112 Å². The van der Waals surface area contributed by atoms with Crippen LogP contribution in [0, 0.1) is 0 Å². The monoisotopic (exact) mass is 827 g/mol. The quantitative estimate of drug-likeness (QED) is 0.116. The number of nitrogens with two attached hydrogens (primary N) is 1. The lowest BCUT2D eigenvalue weighted by Crippen LogP contribution is -2.70. The number of nitrogens with one attached hydrogen (secondary N) is 3. The molecule has 17 heteroatoms. The minimum Gasteiger partial charge on any atom is -0.486 e. The van der Waals surface area contributed by atoms with Crippen LogP contribution in [0.15, 0.2) is 54.6 Å². The highest BCUT2D eigenvalue weighted by molar-refractivity contribution is 6.29. The number of benzene rings is 3. The normalized spacial score (nSPS) is 31.4. The van der Waals surface area contributed by atoms with Gasteiger partial charge in [0.15, 0.2) is 23.1 Å². The number of carbonyl (C=O) groups excluding carboxylic acids is 4. The number of hydrogen-bond acceptors (Lipinski definition) is 16. The third-order valence-electron chi connectivity index (χ3n) is 12.8. The molecule has 1 amide bonds. The van der Waals surface area contributed by atoms with Crippen LogP contribution >= 0.6 is 0 Å². The van der Waals surface area contributed by atoms with Crippen LogP contribution in [0.4, 0.5) is 5.69 Å². The van der Waals surface area contributed by atoms with Crippen molar-refractivity contribution in [1.82, 2.24) is 16.0 Å². The zero-order valence-electron chi connectivity index (χ0n) is 32.7. The number of aliphatic hydroxyl groups excluding tert-OH is 4. The fraction of sp³-hybridized carbons (Fsp3) is 0.488. The Hall–Kier alpha value is -4.82. The molecule has 6 aliphatic rings. The van der Waals surface area contributed by atoms with E-state index in [-0.39, 0.29) is 65.8 Å². The Morgan fingerprint density at radius 2 is 1.67 bits per heavy atom. The largest absolute Gasteiger partial charge is 0.486 e. The Kier molecular flexibility index (Phi) is 11.0. The van der Waals surface area contributed by atoms with Gasteiger partial charge in [-0.1, -0.05) is 61.7 Å². The topological polar surface area (TPSA) is 251 Å². The van der Waals surface area contributed by atoms with E-state index in [0.29, 0.717) is 35.9 Å². The van der Waals surface area contributed by atoms with Crippen molar-refractivity contribution in [2.75, 3.05) is 24.8 Å². The zero-order valence-corrected chi connectivity index (χ0v) is 32.7. The first kappa shape index (κ1) is 40.6. The van der Waals surface area contributed by atoms with Gasteiger partial charge in [-0.2, -0.15) is 0 Å². The molecule has 1 saturated carbocycles. The Balaban J connectivity index is 1.28. The van der Waals surface area contributed by atoms with E-state index in [1.165, 1.54) is 6.07 Å². The molecule has 0 radical (unpaired) electrons. The lowest BCUT2D eigenvalue weighted by Gasteiger charge is -2.50.